The van der Waals surface area contributed by atoms with Gasteiger partial charge >= 0.3 is 241 Å². The average Bonchev–Trinajstić information content (AvgIpc) is 2.94. The number of rotatable bonds is 22. The second-order valence-corrected chi connectivity index (χ2v) is 32.7. The summed E-state index contributed by atoms with van der Waals surface area (Å²) in [5.74, 6) is 0. The van der Waals surface area contributed by atoms with Crippen LogP contribution in [-0.4, -0.2) is 51.6 Å². The molecule has 37 heavy (non-hydrogen) atoms. The van der Waals surface area contributed by atoms with E-state index in [0.29, 0.717) is 0 Å². The molecule has 0 N–H and O–H groups in total. The van der Waals surface area contributed by atoms with Gasteiger partial charge in [-0.3, -0.25) is 0 Å². The van der Waals surface area contributed by atoms with Crippen molar-refractivity contribution in [1.29, 1.82) is 0 Å². The van der Waals surface area contributed by atoms with E-state index in [1.54, 1.807) is 0 Å². The van der Waals surface area contributed by atoms with Crippen molar-refractivity contribution in [3.63, 3.8) is 0 Å². The Labute approximate surface area is 239 Å². The summed E-state index contributed by atoms with van der Waals surface area (Å²) in [5, 5.41) is 0. The first-order valence-corrected chi connectivity index (χ1v) is 27.9. The summed E-state index contributed by atoms with van der Waals surface area (Å²) in [6.07, 6.45) is 11.7. The van der Waals surface area contributed by atoms with E-state index in [0.717, 1.165) is 26.1 Å². The standard InChI is InChI=1S/2C8H9O.4C4H9.O.2Sn/c2*9-7-6-8-4-2-1-3-5-8;4*1-3-4-2;;;/h2*1-5H,6-7H2;4*1,3-4H2,2H3;;;/q2*-1;;;;;;2*+1. The summed E-state index contributed by atoms with van der Waals surface area (Å²) < 4.78 is 26.6. The van der Waals surface area contributed by atoms with Gasteiger partial charge in [0.25, 0.3) is 0 Å². The molecular formula is C32H54O3Sn2. The molecule has 0 saturated heterocycles. The van der Waals surface area contributed by atoms with Crippen LogP contribution in [0.3, 0.4) is 0 Å². The molecule has 0 fully saturated rings. The molecule has 0 spiro atoms. The van der Waals surface area contributed by atoms with Gasteiger partial charge in [0.2, 0.25) is 0 Å². The van der Waals surface area contributed by atoms with E-state index < -0.39 is 38.4 Å². The third kappa shape index (κ3) is 13.2. The molecule has 0 aliphatic heterocycles. The van der Waals surface area contributed by atoms with Crippen molar-refractivity contribution >= 4 is 38.4 Å². The van der Waals surface area contributed by atoms with Crippen LogP contribution in [0.4, 0.5) is 0 Å². The van der Waals surface area contributed by atoms with E-state index in [4.69, 9.17) is 7.56 Å². The molecule has 0 atom stereocenters. The Balaban J connectivity index is 2.28. The van der Waals surface area contributed by atoms with Crippen LogP contribution in [0.5, 0.6) is 0 Å². The first kappa shape index (κ1) is 33.1. The second kappa shape index (κ2) is 19.9. The van der Waals surface area contributed by atoms with Gasteiger partial charge in [-0.1, -0.05) is 0 Å². The molecule has 5 heteroatoms. The molecule has 3 nitrogen and oxygen atoms in total. The fourth-order valence-electron chi connectivity index (χ4n) is 4.92. The summed E-state index contributed by atoms with van der Waals surface area (Å²) in [6, 6.07) is 21.6. The Hall–Kier alpha value is -0.0826. The Morgan fingerprint density at radius 2 is 0.811 bits per heavy atom. The number of hydrogen-bond acceptors (Lipinski definition) is 3. The summed E-state index contributed by atoms with van der Waals surface area (Å²) in [6.45, 7) is 10.8. The molecule has 0 heterocycles. The molecule has 2 rings (SSSR count). The first-order valence-electron chi connectivity index (χ1n) is 15.2. The zero-order valence-corrected chi connectivity index (χ0v) is 30.0. The zero-order chi connectivity index (χ0) is 26.7. The molecule has 0 bridgehead atoms. The van der Waals surface area contributed by atoms with Crippen molar-refractivity contribution in [2.24, 2.45) is 0 Å². The Bertz CT molecular complexity index is 717. The van der Waals surface area contributed by atoms with Crippen LogP contribution in [0, 0.1) is 0 Å². The summed E-state index contributed by atoms with van der Waals surface area (Å²) >= 11 is -6.70. The topological polar surface area (TPSA) is 27.7 Å². The van der Waals surface area contributed by atoms with Crippen LogP contribution in [0.2, 0.25) is 17.7 Å². The number of hydrogen-bond donors (Lipinski definition) is 0. The minimum absolute atomic E-state index is 0.793. The van der Waals surface area contributed by atoms with E-state index in [1.165, 1.54) is 80.2 Å². The van der Waals surface area contributed by atoms with Crippen LogP contribution < -0.4 is 0 Å². The van der Waals surface area contributed by atoms with Crippen molar-refractivity contribution in [2.75, 3.05) is 13.2 Å². The normalized spacial score (nSPS) is 12.2. The minimum atomic E-state index is -3.35. The number of unbranched alkanes of at least 4 members (excludes halogenated alkanes) is 4. The molecule has 0 saturated carbocycles. The van der Waals surface area contributed by atoms with Crippen LogP contribution in [0.15, 0.2) is 60.7 Å². The van der Waals surface area contributed by atoms with E-state index >= 15 is 0 Å². The zero-order valence-electron chi connectivity index (χ0n) is 24.3. The van der Waals surface area contributed by atoms with Gasteiger partial charge in [0.05, 0.1) is 0 Å². The van der Waals surface area contributed by atoms with Gasteiger partial charge in [-0.05, 0) is 0 Å². The monoisotopic (exact) mass is 726 g/mol. The van der Waals surface area contributed by atoms with Gasteiger partial charge in [-0.25, -0.2) is 0 Å². The molecule has 0 amide bonds. The van der Waals surface area contributed by atoms with E-state index in [2.05, 4.69) is 88.4 Å². The van der Waals surface area contributed by atoms with Gasteiger partial charge in [0.15, 0.2) is 0 Å². The van der Waals surface area contributed by atoms with Crippen molar-refractivity contribution < 1.29 is 7.56 Å². The van der Waals surface area contributed by atoms with Gasteiger partial charge < -0.3 is 0 Å². The Morgan fingerprint density at radius 3 is 1.11 bits per heavy atom. The summed E-state index contributed by atoms with van der Waals surface area (Å²) in [4.78, 5) is 0. The van der Waals surface area contributed by atoms with Crippen LogP contribution >= 0.6 is 0 Å². The van der Waals surface area contributed by atoms with Crippen molar-refractivity contribution in [3.8, 4) is 0 Å². The van der Waals surface area contributed by atoms with Crippen molar-refractivity contribution in [3.05, 3.63) is 71.8 Å². The maximum absolute atomic E-state index is 7.69. The van der Waals surface area contributed by atoms with Crippen LogP contribution in [0.25, 0.3) is 0 Å². The van der Waals surface area contributed by atoms with Crippen molar-refractivity contribution in [2.45, 2.75) is 110 Å². The second-order valence-electron chi connectivity index (χ2n) is 10.5. The molecule has 0 aliphatic carbocycles. The average molecular weight is 724 g/mol. The van der Waals surface area contributed by atoms with E-state index in [9.17, 15) is 0 Å². The third-order valence-corrected chi connectivity index (χ3v) is 40.5. The predicted octanol–water partition coefficient (Wildman–Crippen LogP) is 9.61. The fraction of sp³-hybridized carbons (Fsp3) is 0.625. The third-order valence-electron chi connectivity index (χ3n) is 7.21. The number of benzene rings is 2. The van der Waals surface area contributed by atoms with Crippen LogP contribution in [0.1, 0.15) is 90.2 Å². The molecular weight excluding hydrogens is 670 g/mol. The molecule has 0 aromatic heterocycles. The molecule has 0 aliphatic rings. The molecule has 2 aromatic carbocycles. The Kier molecular flexibility index (Phi) is 17.8. The van der Waals surface area contributed by atoms with E-state index in [1.807, 2.05) is 0 Å². The van der Waals surface area contributed by atoms with Gasteiger partial charge in [-0.2, -0.15) is 0 Å². The SMILES string of the molecule is CCC[CH2][Sn]([CH2]CCC)([O]CCc1ccccc1)[O][Sn]([CH2]CCC)([CH2]CCC)[O]CCc1ccccc1. The van der Waals surface area contributed by atoms with Gasteiger partial charge in [0.1, 0.15) is 0 Å². The molecule has 208 valence electrons. The van der Waals surface area contributed by atoms with E-state index in [-0.39, 0.29) is 0 Å². The first-order chi connectivity index (χ1) is 18.1. The van der Waals surface area contributed by atoms with Gasteiger partial charge in [0, 0.05) is 0 Å². The van der Waals surface area contributed by atoms with Gasteiger partial charge in [-0.15, -0.1) is 0 Å². The summed E-state index contributed by atoms with van der Waals surface area (Å²) in [5.41, 5.74) is 2.72. The molecule has 0 unspecified atom stereocenters. The molecule has 0 radical (unpaired) electrons. The quantitative estimate of drug-likeness (QED) is 0.113. The maximum atomic E-state index is 7.69. The Morgan fingerprint density at radius 1 is 0.486 bits per heavy atom. The van der Waals surface area contributed by atoms with Crippen LogP contribution in [-0.2, 0) is 20.4 Å². The van der Waals surface area contributed by atoms with Crippen molar-refractivity contribution in [1.82, 2.24) is 0 Å². The molecule has 2 aromatic rings. The predicted molar refractivity (Wildman–Crippen MR) is 164 cm³/mol. The summed E-state index contributed by atoms with van der Waals surface area (Å²) in [7, 11) is 0. The fourth-order valence-corrected chi connectivity index (χ4v) is 47.4.